The summed E-state index contributed by atoms with van der Waals surface area (Å²) in [4.78, 5) is 26.9. The lowest BCUT2D eigenvalue weighted by Crippen LogP contribution is -2.33. The first-order valence-corrected chi connectivity index (χ1v) is 7.50. The molecule has 0 aromatic heterocycles. The Morgan fingerprint density at radius 1 is 1.10 bits per heavy atom. The summed E-state index contributed by atoms with van der Waals surface area (Å²) in [7, 11) is 0. The third-order valence-corrected chi connectivity index (χ3v) is 4.88. The molecule has 4 heteroatoms. The van der Waals surface area contributed by atoms with Gasteiger partial charge in [0.25, 0.3) is 0 Å². The van der Waals surface area contributed by atoms with Gasteiger partial charge in [0.05, 0.1) is 24.1 Å². The molecule has 3 aliphatic rings. The Hall–Kier alpha value is -2.10. The average Bonchev–Trinajstić information content (AvgIpc) is 3.15. The van der Waals surface area contributed by atoms with Crippen LogP contribution in [0.1, 0.15) is 13.3 Å². The van der Waals surface area contributed by atoms with Crippen molar-refractivity contribution in [1.29, 1.82) is 0 Å². The van der Waals surface area contributed by atoms with Crippen LogP contribution in [0.3, 0.4) is 0 Å². The maximum absolute atomic E-state index is 12.8. The minimum absolute atomic E-state index is 0.0611. The molecule has 0 spiro atoms. The largest absolute Gasteiger partial charge is 0.492 e. The molecule has 1 saturated carbocycles. The Morgan fingerprint density at radius 3 is 2.33 bits per heavy atom. The summed E-state index contributed by atoms with van der Waals surface area (Å²) in [6, 6.07) is 7.28. The highest BCUT2D eigenvalue weighted by molar-refractivity contribution is 6.23. The highest BCUT2D eigenvalue weighted by atomic mass is 16.5. The second-order valence-corrected chi connectivity index (χ2v) is 5.91. The molecule has 2 bridgehead atoms. The first-order chi connectivity index (χ1) is 10.2. The first kappa shape index (κ1) is 12.6. The topological polar surface area (TPSA) is 46.6 Å². The van der Waals surface area contributed by atoms with Crippen molar-refractivity contribution < 1.29 is 14.3 Å². The zero-order valence-corrected chi connectivity index (χ0v) is 11.9. The summed E-state index contributed by atoms with van der Waals surface area (Å²) in [5.41, 5.74) is 0.586. The minimum atomic E-state index is -0.165. The fourth-order valence-electron chi connectivity index (χ4n) is 4.06. The Balaban J connectivity index is 1.75. The lowest BCUT2D eigenvalue weighted by Gasteiger charge is -2.20. The molecule has 1 saturated heterocycles. The highest BCUT2D eigenvalue weighted by Crippen LogP contribution is 2.53. The molecule has 0 radical (unpaired) electrons. The molecule has 1 aromatic carbocycles. The minimum Gasteiger partial charge on any atom is -0.492 e. The van der Waals surface area contributed by atoms with Crippen LogP contribution in [0.4, 0.5) is 5.69 Å². The molecule has 2 amide bonds. The molecular formula is C17H17NO3. The molecule has 4 nitrogen and oxygen atoms in total. The van der Waals surface area contributed by atoms with Crippen molar-refractivity contribution in [1.82, 2.24) is 0 Å². The highest BCUT2D eigenvalue weighted by Gasteiger charge is 2.59. The van der Waals surface area contributed by atoms with Gasteiger partial charge in [0.15, 0.2) is 0 Å². The second-order valence-electron chi connectivity index (χ2n) is 5.91. The molecule has 1 heterocycles. The van der Waals surface area contributed by atoms with Crippen molar-refractivity contribution >= 4 is 17.5 Å². The van der Waals surface area contributed by atoms with Crippen LogP contribution in [0.15, 0.2) is 36.4 Å². The van der Waals surface area contributed by atoms with Gasteiger partial charge in [-0.1, -0.05) is 24.3 Å². The van der Waals surface area contributed by atoms with Crippen LogP contribution in [-0.4, -0.2) is 18.4 Å². The van der Waals surface area contributed by atoms with E-state index < -0.39 is 0 Å². The number of para-hydroxylation sites is 2. The van der Waals surface area contributed by atoms with Gasteiger partial charge in [-0.15, -0.1) is 0 Å². The van der Waals surface area contributed by atoms with E-state index in [1.807, 2.05) is 19.1 Å². The van der Waals surface area contributed by atoms with Crippen molar-refractivity contribution in [2.45, 2.75) is 13.3 Å². The van der Waals surface area contributed by atoms with Gasteiger partial charge in [0.1, 0.15) is 5.75 Å². The van der Waals surface area contributed by atoms with E-state index in [0.717, 1.165) is 6.42 Å². The van der Waals surface area contributed by atoms with E-state index in [-0.39, 0.29) is 35.5 Å². The Bertz CT molecular complexity index is 621. The van der Waals surface area contributed by atoms with Gasteiger partial charge >= 0.3 is 0 Å². The number of rotatable bonds is 3. The fraction of sp³-hybridized carbons (Fsp3) is 0.412. The maximum atomic E-state index is 12.8. The van der Waals surface area contributed by atoms with Crippen molar-refractivity contribution in [2.75, 3.05) is 11.5 Å². The molecule has 21 heavy (non-hydrogen) atoms. The van der Waals surface area contributed by atoms with Crippen LogP contribution >= 0.6 is 0 Å². The fourth-order valence-corrected chi connectivity index (χ4v) is 4.06. The average molecular weight is 283 g/mol. The number of allylic oxidation sites excluding steroid dienone is 2. The number of anilines is 1. The number of hydrogen-bond acceptors (Lipinski definition) is 3. The summed E-state index contributed by atoms with van der Waals surface area (Å²) >= 11 is 0. The Labute approximate surface area is 123 Å². The molecule has 2 aliphatic carbocycles. The number of fused-ring (bicyclic) bond motifs is 5. The van der Waals surface area contributed by atoms with E-state index in [0.29, 0.717) is 18.0 Å². The predicted octanol–water partition coefficient (Wildman–Crippen LogP) is 2.40. The molecular weight excluding hydrogens is 266 g/mol. The molecule has 2 fully saturated rings. The van der Waals surface area contributed by atoms with Crippen LogP contribution < -0.4 is 9.64 Å². The third-order valence-electron chi connectivity index (χ3n) is 4.88. The van der Waals surface area contributed by atoms with E-state index >= 15 is 0 Å². The molecule has 108 valence electrons. The summed E-state index contributed by atoms with van der Waals surface area (Å²) in [5, 5.41) is 0. The number of carbonyl (C=O) groups excluding carboxylic acids is 2. The lowest BCUT2D eigenvalue weighted by molar-refractivity contribution is -0.123. The zero-order chi connectivity index (χ0) is 14.6. The second kappa shape index (κ2) is 4.45. The third kappa shape index (κ3) is 1.62. The quantitative estimate of drug-likeness (QED) is 0.632. The standard InChI is InChI=1S/C17H17NO3/c1-2-21-13-6-4-3-5-12(13)18-16(19)14-10-7-8-11(9-10)15(14)17(18)20/h3-8,10-11,14-15H,2,9H2,1H3/t10-,11+,14-,15-/m0/s1. The van der Waals surface area contributed by atoms with Gasteiger partial charge in [0.2, 0.25) is 11.8 Å². The van der Waals surface area contributed by atoms with Crippen LogP contribution in [0.2, 0.25) is 0 Å². The number of benzene rings is 1. The number of hydrogen-bond donors (Lipinski definition) is 0. The van der Waals surface area contributed by atoms with Crippen LogP contribution in [0.5, 0.6) is 5.75 Å². The molecule has 0 N–H and O–H groups in total. The molecule has 1 aliphatic heterocycles. The summed E-state index contributed by atoms with van der Waals surface area (Å²) in [6.07, 6.45) is 5.16. The van der Waals surface area contributed by atoms with Gasteiger partial charge in [-0.05, 0) is 37.3 Å². The van der Waals surface area contributed by atoms with E-state index in [4.69, 9.17) is 4.74 Å². The summed E-state index contributed by atoms with van der Waals surface area (Å²) in [5.74, 6) is 0.621. The summed E-state index contributed by atoms with van der Waals surface area (Å²) < 4.78 is 5.58. The van der Waals surface area contributed by atoms with Gasteiger partial charge in [0, 0.05) is 0 Å². The van der Waals surface area contributed by atoms with Gasteiger partial charge in [-0.25, -0.2) is 4.90 Å². The van der Waals surface area contributed by atoms with Crippen LogP contribution in [0.25, 0.3) is 0 Å². The predicted molar refractivity (Wildman–Crippen MR) is 77.8 cm³/mol. The monoisotopic (exact) mass is 283 g/mol. The van der Waals surface area contributed by atoms with Crippen molar-refractivity contribution in [3.8, 4) is 5.75 Å². The normalized spacial score (nSPS) is 32.9. The molecule has 0 unspecified atom stereocenters. The summed E-state index contributed by atoms with van der Waals surface area (Å²) in [6.45, 7) is 2.40. The van der Waals surface area contributed by atoms with Crippen molar-refractivity contribution in [2.24, 2.45) is 23.7 Å². The molecule has 4 atom stereocenters. The van der Waals surface area contributed by atoms with Gasteiger partial charge < -0.3 is 4.74 Å². The van der Waals surface area contributed by atoms with E-state index in [1.165, 1.54) is 4.90 Å². The van der Waals surface area contributed by atoms with Crippen molar-refractivity contribution in [3.05, 3.63) is 36.4 Å². The van der Waals surface area contributed by atoms with Crippen molar-refractivity contribution in [3.63, 3.8) is 0 Å². The van der Waals surface area contributed by atoms with E-state index in [1.54, 1.807) is 12.1 Å². The number of amides is 2. The molecule has 1 aromatic rings. The number of imide groups is 1. The maximum Gasteiger partial charge on any atom is 0.238 e. The van der Waals surface area contributed by atoms with Gasteiger partial charge in [-0.3, -0.25) is 9.59 Å². The lowest BCUT2D eigenvalue weighted by atomic mass is 9.85. The van der Waals surface area contributed by atoms with E-state index in [2.05, 4.69) is 12.2 Å². The Kier molecular flexibility index (Phi) is 2.67. The Morgan fingerprint density at radius 2 is 1.71 bits per heavy atom. The smallest absolute Gasteiger partial charge is 0.238 e. The molecule has 4 rings (SSSR count). The number of carbonyl (C=O) groups is 2. The van der Waals surface area contributed by atoms with Crippen LogP contribution in [-0.2, 0) is 9.59 Å². The van der Waals surface area contributed by atoms with E-state index in [9.17, 15) is 9.59 Å². The van der Waals surface area contributed by atoms with Crippen LogP contribution in [0, 0.1) is 23.7 Å². The zero-order valence-electron chi connectivity index (χ0n) is 11.9. The first-order valence-electron chi connectivity index (χ1n) is 7.50. The van der Waals surface area contributed by atoms with Gasteiger partial charge in [-0.2, -0.15) is 0 Å². The number of ether oxygens (including phenoxy) is 1. The SMILES string of the molecule is CCOc1ccccc1N1C(=O)[C@@H]2[C@@H](C1=O)[C@H]1C=C[C@@H]2C1. The number of nitrogens with zero attached hydrogens (tertiary/aromatic N) is 1.